The Bertz CT molecular complexity index is 1790. The normalized spacial score (nSPS) is 15.6. The van der Waals surface area contributed by atoms with Crippen molar-refractivity contribution in [1.29, 1.82) is 0 Å². The number of benzene rings is 1. The maximum atomic E-state index is 13.3. The second-order valence-corrected chi connectivity index (χ2v) is 20.4. The van der Waals surface area contributed by atoms with Gasteiger partial charge in [0.15, 0.2) is 44.6 Å². The molecule has 0 radical (unpaired) electrons. The number of sulfone groups is 1. The molecule has 0 heterocycles. The standard InChI is InChI=1S/C15H16F3NO3.C15H29N3O2.C14H26N2O4S.C4H11N.C2H6/c16-11-5-6-12(17)14(13(11)18)22-8-10(20)7-19-15(21)9-3-1-2-4-9;1-18(2)11-14(19)13(9-5-6-10-16)17-15(20)12-7-3-4-8-12;1-21(19,20)10-13(17)12(8-4-5-9-15)16-14(18)11-6-2-3-7-11;1-2-3-4-5;1-2/h5-6,9H,1-4,7-8H2,(H,19,21);12-13H,3-11,16H2,1-2H3,(H,17,20);11-12H,2-10,15H2,1H3,(H,16,18);2-5H2,1H3;1-2H3. The third-order valence-corrected chi connectivity index (χ3v) is 12.6. The van der Waals surface area contributed by atoms with Crippen molar-refractivity contribution in [2.75, 3.05) is 65.4 Å². The van der Waals surface area contributed by atoms with Gasteiger partial charge in [0, 0.05) is 24.0 Å². The van der Waals surface area contributed by atoms with Gasteiger partial charge >= 0.3 is 0 Å². The molecule has 2 unspecified atom stereocenters. The van der Waals surface area contributed by atoms with Gasteiger partial charge in [0.2, 0.25) is 23.5 Å². The molecule has 0 aromatic heterocycles. The van der Waals surface area contributed by atoms with Gasteiger partial charge in [-0.05, 0) is 129 Å². The molecule has 0 aliphatic heterocycles. The van der Waals surface area contributed by atoms with Crippen molar-refractivity contribution in [2.45, 2.75) is 161 Å². The van der Waals surface area contributed by atoms with Gasteiger partial charge in [0.25, 0.3) is 0 Å². The molecule has 3 aliphatic rings. The largest absolute Gasteiger partial charge is 0.480 e. The highest BCUT2D eigenvalue weighted by molar-refractivity contribution is 7.91. The molecule has 20 heteroatoms. The summed E-state index contributed by atoms with van der Waals surface area (Å²) in [6.07, 6.45) is 19.3. The quantitative estimate of drug-likeness (QED) is 0.0499. The first-order chi connectivity index (χ1) is 33.3. The van der Waals surface area contributed by atoms with Crippen LogP contribution >= 0.6 is 0 Å². The topological polar surface area (TPSA) is 263 Å². The number of carbonyl (C=O) groups excluding carboxylic acids is 6. The molecule has 4 rings (SSSR count). The Balaban J connectivity index is 0.000000955. The lowest BCUT2D eigenvalue weighted by Crippen LogP contribution is -2.46. The summed E-state index contributed by atoms with van der Waals surface area (Å²) < 4.78 is 66.7. The van der Waals surface area contributed by atoms with E-state index in [-0.39, 0.29) is 53.8 Å². The molecule has 3 fully saturated rings. The highest BCUT2D eigenvalue weighted by Gasteiger charge is 2.30. The maximum absolute atomic E-state index is 13.3. The van der Waals surface area contributed by atoms with E-state index in [9.17, 15) is 50.4 Å². The van der Waals surface area contributed by atoms with E-state index in [1.54, 1.807) is 0 Å². The van der Waals surface area contributed by atoms with E-state index >= 15 is 0 Å². The van der Waals surface area contributed by atoms with Crippen molar-refractivity contribution < 1.29 is 55.1 Å². The number of hydrogen-bond donors (Lipinski definition) is 6. The zero-order valence-corrected chi connectivity index (χ0v) is 43.8. The maximum Gasteiger partial charge on any atom is 0.223 e. The van der Waals surface area contributed by atoms with Crippen LogP contribution < -0.4 is 37.9 Å². The summed E-state index contributed by atoms with van der Waals surface area (Å²) in [6, 6.07) is 0.276. The lowest BCUT2D eigenvalue weighted by Gasteiger charge is -2.21. The molecule has 404 valence electrons. The lowest BCUT2D eigenvalue weighted by molar-refractivity contribution is -0.130. The Labute approximate surface area is 416 Å². The van der Waals surface area contributed by atoms with E-state index in [4.69, 9.17) is 17.2 Å². The smallest absolute Gasteiger partial charge is 0.223 e. The Morgan fingerprint density at radius 3 is 1.47 bits per heavy atom. The van der Waals surface area contributed by atoms with Crippen LogP contribution in [0.2, 0.25) is 0 Å². The number of nitrogens with zero attached hydrogens (tertiary/aromatic N) is 1. The minimum Gasteiger partial charge on any atom is -0.480 e. The van der Waals surface area contributed by atoms with Gasteiger partial charge in [0.05, 0.1) is 25.2 Å². The fourth-order valence-electron chi connectivity index (χ4n) is 7.92. The third kappa shape index (κ3) is 29.4. The molecule has 16 nitrogen and oxygen atoms in total. The first-order valence-corrected chi connectivity index (χ1v) is 27.5. The van der Waals surface area contributed by atoms with Crippen LogP contribution in [0.3, 0.4) is 0 Å². The summed E-state index contributed by atoms with van der Waals surface area (Å²) in [7, 11) is 0.358. The summed E-state index contributed by atoms with van der Waals surface area (Å²) in [5.41, 5.74) is 16.1. The van der Waals surface area contributed by atoms with Crippen LogP contribution in [0, 0.1) is 35.2 Å². The number of amides is 3. The Morgan fingerprint density at radius 2 is 1.09 bits per heavy atom. The number of ether oxygens (including phenoxy) is 1. The fourth-order valence-corrected chi connectivity index (χ4v) is 8.63. The lowest BCUT2D eigenvalue weighted by atomic mass is 10.0. The first kappa shape index (κ1) is 66.0. The Kier molecular flexibility index (Phi) is 36.5. The predicted octanol–water partition coefficient (Wildman–Crippen LogP) is 5.45. The molecule has 9 N–H and O–H groups in total. The van der Waals surface area contributed by atoms with Crippen LogP contribution in [0.4, 0.5) is 13.2 Å². The van der Waals surface area contributed by atoms with E-state index in [0.717, 1.165) is 109 Å². The van der Waals surface area contributed by atoms with E-state index in [0.29, 0.717) is 51.0 Å². The molecular weight excluding hydrogens is 932 g/mol. The summed E-state index contributed by atoms with van der Waals surface area (Å²) in [5.74, 6) is -6.45. The van der Waals surface area contributed by atoms with E-state index < -0.39 is 63.0 Å². The number of carbonyl (C=O) groups is 6. The monoisotopic (exact) mass is 1020 g/mol. The average molecular weight is 1020 g/mol. The second-order valence-electron chi connectivity index (χ2n) is 18.2. The Morgan fingerprint density at radius 1 is 0.671 bits per heavy atom. The number of rotatable bonds is 26. The van der Waals surface area contributed by atoms with Crippen molar-refractivity contribution in [1.82, 2.24) is 20.9 Å². The number of ketones is 3. The van der Waals surface area contributed by atoms with E-state index in [2.05, 4.69) is 27.6 Å². The van der Waals surface area contributed by atoms with E-state index in [1.165, 1.54) is 12.8 Å². The van der Waals surface area contributed by atoms with Gasteiger partial charge < -0.3 is 42.8 Å². The minimum atomic E-state index is -3.38. The predicted molar refractivity (Wildman–Crippen MR) is 269 cm³/mol. The highest BCUT2D eigenvalue weighted by atomic mass is 32.2. The van der Waals surface area contributed by atoms with Gasteiger partial charge in [0.1, 0.15) is 12.4 Å². The van der Waals surface area contributed by atoms with Gasteiger partial charge in [-0.2, -0.15) is 4.39 Å². The summed E-state index contributed by atoms with van der Waals surface area (Å²) in [4.78, 5) is 73.7. The molecule has 3 aliphatic carbocycles. The summed E-state index contributed by atoms with van der Waals surface area (Å²) in [5, 5.41) is 8.18. The number of nitrogens with two attached hydrogens (primary N) is 3. The first-order valence-electron chi connectivity index (χ1n) is 25.4. The van der Waals surface area contributed by atoms with Crippen molar-refractivity contribution in [3.8, 4) is 5.75 Å². The molecule has 3 saturated carbocycles. The zero-order valence-electron chi connectivity index (χ0n) is 43.0. The van der Waals surface area contributed by atoms with Crippen LogP contribution in [-0.4, -0.2) is 126 Å². The summed E-state index contributed by atoms with van der Waals surface area (Å²) in [6.45, 7) is 7.56. The number of nitrogens with one attached hydrogen (secondary N) is 3. The van der Waals surface area contributed by atoms with E-state index in [1.807, 2.05) is 32.8 Å². The third-order valence-electron chi connectivity index (χ3n) is 11.8. The average Bonchev–Trinajstić information content (AvgIpc) is 4.16. The molecule has 3 amide bonds. The fraction of sp³-hybridized carbons (Fsp3) is 0.760. The number of hydrogen-bond acceptors (Lipinski definition) is 13. The molecule has 0 bridgehead atoms. The number of unbranched alkanes of at least 4 members (excludes halogenated alkanes) is 3. The van der Waals surface area contributed by atoms with Crippen LogP contribution in [0.5, 0.6) is 5.75 Å². The second kappa shape index (κ2) is 38.7. The molecule has 70 heavy (non-hydrogen) atoms. The van der Waals surface area contributed by atoms with Crippen LogP contribution in [0.25, 0.3) is 0 Å². The molecule has 1 aromatic carbocycles. The molecule has 1 aromatic rings. The Hall–Kier alpha value is -3.98. The van der Waals surface area contributed by atoms with Crippen LogP contribution in [0.1, 0.15) is 149 Å². The number of halogens is 3. The van der Waals surface area contributed by atoms with Crippen molar-refractivity contribution >= 4 is 44.9 Å². The number of likely N-dealkylation sites (N-methyl/N-ethyl adjacent to an activating group) is 1. The molecule has 2 atom stereocenters. The molecule has 0 spiro atoms. The summed E-state index contributed by atoms with van der Waals surface area (Å²) >= 11 is 0. The van der Waals surface area contributed by atoms with Crippen LogP contribution in [-0.2, 0) is 38.6 Å². The minimum absolute atomic E-state index is 0.0342. The van der Waals surface area contributed by atoms with Crippen LogP contribution in [0.15, 0.2) is 12.1 Å². The van der Waals surface area contributed by atoms with Crippen molar-refractivity contribution in [2.24, 2.45) is 35.0 Å². The van der Waals surface area contributed by atoms with Crippen molar-refractivity contribution in [3.63, 3.8) is 0 Å². The van der Waals surface area contributed by atoms with Gasteiger partial charge in [-0.1, -0.05) is 65.7 Å². The highest BCUT2D eigenvalue weighted by Crippen LogP contribution is 2.27. The van der Waals surface area contributed by atoms with Gasteiger partial charge in [-0.25, -0.2) is 17.2 Å². The SMILES string of the molecule is CC.CCCCN.CN(C)CC(=O)C(CCCCN)NC(=O)C1CCCC1.CS(=O)(=O)CC(=O)C(CCCCN)NC(=O)C1CCCC1.O=C(CNC(=O)C1CCCC1)COc1c(F)ccc(F)c1F. The zero-order chi connectivity index (χ0) is 53.1. The van der Waals surface area contributed by atoms with Gasteiger partial charge in [-0.15, -0.1) is 0 Å². The number of Topliss-reactive ketones (excluding diaryl/α,β-unsaturated/α-hetero) is 3. The molecular formula is C50H88F3N7O9S. The molecule has 0 saturated heterocycles. The van der Waals surface area contributed by atoms with Crippen molar-refractivity contribution in [3.05, 3.63) is 29.6 Å². The van der Waals surface area contributed by atoms with Gasteiger partial charge in [-0.3, -0.25) is 28.8 Å².